The van der Waals surface area contributed by atoms with E-state index < -0.39 is 0 Å². The molecule has 7 nitrogen and oxygen atoms in total. The van der Waals surface area contributed by atoms with E-state index >= 15 is 0 Å². The minimum Gasteiger partial charge on any atom is -0.352 e. The van der Waals surface area contributed by atoms with Gasteiger partial charge >= 0.3 is 0 Å². The number of fused-ring (bicyclic) bond motifs is 1. The van der Waals surface area contributed by atoms with Gasteiger partial charge in [0.05, 0.1) is 5.52 Å². The lowest BCUT2D eigenvalue weighted by molar-refractivity contribution is -0.124. The molecule has 1 saturated carbocycles. The highest BCUT2D eigenvalue weighted by Gasteiger charge is 2.23. The quantitative estimate of drug-likeness (QED) is 0.663. The summed E-state index contributed by atoms with van der Waals surface area (Å²) in [5.41, 5.74) is 4.36. The number of amides is 2. The summed E-state index contributed by atoms with van der Waals surface area (Å²) in [5, 5.41) is 11.4. The number of benzene rings is 2. The van der Waals surface area contributed by atoms with Crippen LogP contribution in [0.3, 0.4) is 0 Å². The largest absolute Gasteiger partial charge is 0.352 e. The molecule has 4 rings (SSSR count). The molecule has 2 amide bonds. The molecule has 3 aromatic rings. The van der Waals surface area contributed by atoms with Crippen molar-refractivity contribution in [2.24, 2.45) is 0 Å². The molecule has 0 saturated heterocycles. The molecule has 162 valence electrons. The van der Waals surface area contributed by atoms with Gasteiger partial charge in [0.1, 0.15) is 18.6 Å². The average Bonchev–Trinajstić information content (AvgIpc) is 3.15. The number of nitrogens with zero attached hydrogens (tertiary/aromatic N) is 4. The van der Waals surface area contributed by atoms with Gasteiger partial charge in [-0.1, -0.05) is 42.7 Å². The van der Waals surface area contributed by atoms with Crippen molar-refractivity contribution in [1.29, 1.82) is 0 Å². The third kappa shape index (κ3) is 5.10. The van der Waals surface area contributed by atoms with Gasteiger partial charge in [0, 0.05) is 11.7 Å². The van der Waals surface area contributed by atoms with E-state index in [1.54, 1.807) is 9.58 Å². The summed E-state index contributed by atoms with van der Waals surface area (Å²) in [5.74, 6) is -0.317. The number of para-hydroxylation sites is 1. The first-order chi connectivity index (χ1) is 15.0. The monoisotopic (exact) mass is 419 g/mol. The third-order valence-electron chi connectivity index (χ3n) is 5.80. The number of aryl methyl sites for hydroxylation is 2. The van der Waals surface area contributed by atoms with E-state index in [0.717, 1.165) is 53.5 Å². The van der Waals surface area contributed by atoms with Gasteiger partial charge in [0.15, 0.2) is 0 Å². The lowest BCUT2D eigenvalue weighted by Gasteiger charge is -2.26. The highest BCUT2D eigenvalue weighted by atomic mass is 16.2. The summed E-state index contributed by atoms with van der Waals surface area (Å²) < 4.78 is 1.59. The fraction of sp³-hybridized carbons (Fsp3) is 0.417. The Bertz CT molecular complexity index is 1060. The van der Waals surface area contributed by atoms with Gasteiger partial charge in [-0.15, -0.1) is 5.10 Å². The second kappa shape index (κ2) is 9.29. The van der Waals surface area contributed by atoms with Crippen molar-refractivity contribution < 1.29 is 9.59 Å². The van der Waals surface area contributed by atoms with Crippen LogP contribution < -0.4 is 10.2 Å². The molecule has 0 spiro atoms. The van der Waals surface area contributed by atoms with E-state index in [0.29, 0.717) is 0 Å². The van der Waals surface area contributed by atoms with Crippen molar-refractivity contribution in [3.8, 4) is 0 Å². The molecule has 1 aliphatic carbocycles. The van der Waals surface area contributed by atoms with Crippen LogP contribution in [0.2, 0.25) is 0 Å². The number of aromatic nitrogens is 3. The van der Waals surface area contributed by atoms with Crippen molar-refractivity contribution in [2.75, 3.05) is 11.4 Å². The molecule has 1 heterocycles. The molecule has 0 radical (unpaired) electrons. The zero-order valence-electron chi connectivity index (χ0n) is 18.2. The first kappa shape index (κ1) is 21.0. The van der Waals surface area contributed by atoms with Crippen LogP contribution in [0.1, 0.15) is 43.2 Å². The summed E-state index contributed by atoms with van der Waals surface area (Å²) in [6.45, 7) is 3.99. The maximum absolute atomic E-state index is 13.4. The van der Waals surface area contributed by atoms with Gasteiger partial charge < -0.3 is 10.2 Å². The second-order valence-electron chi connectivity index (χ2n) is 8.46. The molecule has 1 N–H and O–H groups in total. The molecule has 0 unspecified atom stereocenters. The van der Waals surface area contributed by atoms with Gasteiger partial charge in [-0.25, -0.2) is 4.68 Å². The first-order valence-corrected chi connectivity index (χ1v) is 11.0. The Morgan fingerprint density at radius 3 is 2.52 bits per heavy atom. The molecule has 0 aliphatic heterocycles. The number of hydrogen-bond donors (Lipinski definition) is 1. The van der Waals surface area contributed by atoms with Crippen LogP contribution in [-0.4, -0.2) is 39.4 Å². The predicted octanol–water partition coefficient (Wildman–Crippen LogP) is 3.53. The van der Waals surface area contributed by atoms with E-state index in [1.165, 1.54) is 6.42 Å². The molecule has 31 heavy (non-hydrogen) atoms. The van der Waals surface area contributed by atoms with Crippen molar-refractivity contribution in [3.63, 3.8) is 0 Å². The lowest BCUT2D eigenvalue weighted by atomic mass is 9.95. The molecule has 1 fully saturated rings. The van der Waals surface area contributed by atoms with Gasteiger partial charge in [-0.3, -0.25) is 9.59 Å². The number of carbonyl (C=O) groups excluding carboxylic acids is 2. The van der Waals surface area contributed by atoms with E-state index in [9.17, 15) is 9.59 Å². The summed E-state index contributed by atoms with van der Waals surface area (Å²) in [6.07, 6.45) is 5.53. The zero-order chi connectivity index (χ0) is 21.8. The van der Waals surface area contributed by atoms with E-state index in [2.05, 4.69) is 21.7 Å². The maximum Gasteiger partial charge on any atom is 0.249 e. The minimum atomic E-state index is -0.195. The number of anilines is 1. The molecule has 7 heteroatoms. The normalized spacial score (nSPS) is 14.5. The van der Waals surface area contributed by atoms with Crippen LogP contribution in [0.25, 0.3) is 11.0 Å². The van der Waals surface area contributed by atoms with Crippen molar-refractivity contribution >= 4 is 28.5 Å². The number of rotatable bonds is 6. The van der Waals surface area contributed by atoms with Crippen molar-refractivity contribution in [1.82, 2.24) is 20.3 Å². The van der Waals surface area contributed by atoms with Gasteiger partial charge in [-0.05, 0) is 62.1 Å². The van der Waals surface area contributed by atoms with Crippen LogP contribution in [0.5, 0.6) is 0 Å². The molecule has 2 aromatic carbocycles. The lowest BCUT2D eigenvalue weighted by Crippen LogP contribution is -2.45. The number of hydrogen-bond acceptors (Lipinski definition) is 4. The standard InChI is InChI=1S/C24H29N5O2/c1-17-12-18(2)14-20(13-17)28(15-23(30)25-19-8-4-3-5-9-19)24(31)16-29-22-11-7-6-10-21(22)26-27-29/h6-7,10-14,19H,3-5,8-9,15-16H2,1-2H3,(H,25,30). The smallest absolute Gasteiger partial charge is 0.249 e. The molecule has 0 bridgehead atoms. The number of carbonyl (C=O) groups is 2. The van der Waals surface area contributed by atoms with E-state index in [1.807, 2.05) is 50.2 Å². The van der Waals surface area contributed by atoms with Gasteiger partial charge in [0.25, 0.3) is 0 Å². The molecular formula is C24H29N5O2. The summed E-state index contributed by atoms with van der Waals surface area (Å²) in [4.78, 5) is 27.8. The minimum absolute atomic E-state index is 0.00907. The van der Waals surface area contributed by atoms with Crippen LogP contribution in [0.15, 0.2) is 42.5 Å². The SMILES string of the molecule is Cc1cc(C)cc(N(CC(=O)NC2CCCCC2)C(=O)Cn2nnc3ccccc32)c1. The average molecular weight is 420 g/mol. The fourth-order valence-corrected chi connectivity index (χ4v) is 4.34. The van der Waals surface area contributed by atoms with Crippen molar-refractivity contribution in [3.05, 3.63) is 53.6 Å². The van der Waals surface area contributed by atoms with E-state index in [4.69, 9.17) is 0 Å². The highest BCUT2D eigenvalue weighted by Crippen LogP contribution is 2.21. The summed E-state index contributed by atoms with van der Waals surface area (Å²) in [6, 6.07) is 13.7. The first-order valence-electron chi connectivity index (χ1n) is 11.0. The zero-order valence-corrected chi connectivity index (χ0v) is 18.2. The molecule has 1 aromatic heterocycles. The summed E-state index contributed by atoms with van der Waals surface area (Å²) in [7, 11) is 0. The molecule has 1 aliphatic rings. The van der Waals surface area contributed by atoms with Gasteiger partial charge in [0.2, 0.25) is 11.8 Å². The van der Waals surface area contributed by atoms with Crippen LogP contribution in [0.4, 0.5) is 5.69 Å². The predicted molar refractivity (Wildman–Crippen MR) is 121 cm³/mol. The Hall–Kier alpha value is -3.22. The molecule has 0 atom stereocenters. The van der Waals surface area contributed by atoms with E-state index in [-0.39, 0.29) is 30.9 Å². The highest BCUT2D eigenvalue weighted by molar-refractivity contribution is 5.99. The summed E-state index contributed by atoms with van der Waals surface area (Å²) >= 11 is 0. The Labute approximate surface area is 182 Å². The Morgan fingerprint density at radius 1 is 1.06 bits per heavy atom. The van der Waals surface area contributed by atoms with Gasteiger partial charge in [-0.2, -0.15) is 0 Å². The second-order valence-corrected chi connectivity index (χ2v) is 8.46. The Kier molecular flexibility index (Phi) is 6.30. The topological polar surface area (TPSA) is 80.1 Å². The van der Waals surface area contributed by atoms with Crippen LogP contribution in [-0.2, 0) is 16.1 Å². The van der Waals surface area contributed by atoms with Crippen LogP contribution >= 0.6 is 0 Å². The van der Waals surface area contributed by atoms with Crippen molar-refractivity contribution in [2.45, 2.75) is 58.5 Å². The fourth-order valence-electron chi connectivity index (χ4n) is 4.34. The maximum atomic E-state index is 13.4. The Balaban J connectivity index is 1.56. The number of nitrogens with one attached hydrogen (secondary N) is 1. The van der Waals surface area contributed by atoms with Crippen LogP contribution in [0, 0.1) is 13.8 Å². The Morgan fingerprint density at radius 2 is 1.77 bits per heavy atom. The third-order valence-corrected chi connectivity index (χ3v) is 5.80. The molecular weight excluding hydrogens is 390 g/mol.